The molecule has 3 nitrogen and oxygen atoms in total. The number of pyridine rings is 1. The highest BCUT2D eigenvalue weighted by molar-refractivity contribution is 5.36. The van der Waals surface area contributed by atoms with E-state index in [0.29, 0.717) is 12.5 Å². The number of hydrogen-bond donors (Lipinski definition) is 1. The van der Waals surface area contributed by atoms with Gasteiger partial charge in [-0.05, 0) is 41.3 Å². The van der Waals surface area contributed by atoms with E-state index in [4.69, 9.17) is 4.74 Å². The third-order valence-corrected chi connectivity index (χ3v) is 3.03. The molecule has 0 spiro atoms. The zero-order chi connectivity index (χ0) is 13.7. The summed E-state index contributed by atoms with van der Waals surface area (Å²) in [6, 6.07) is 12.2. The fourth-order valence-electron chi connectivity index (χ4n) is 1.82. The van der Waals surface area contributed by atoms with Crippen LogP contribution in [0.2, 0.25) is 0 Å². The van der Waals surface area contributed by atoms with Gasteiger partial charge in [0.15, 0.2) is 0 Å². The number of ether oxygens (including phenoxy) is 1. The zero-order valence-electron chi connectivity index (χ0n) is 11.7. The Morgan fingerprint density at radius 1 is 1.16 bits per heavy atom. The fourth-order valence-corrected chi connectivity index (χ4v) is 1.82. The molecule has 1 heterocycles. The van der Waals surface area contributed by atoms with Crippen LogP contribution in [-0.4, -0.2) is 12.0 Å². The topological polar surface area (TPSA) is 34.1 Å². The minimum atomic E-state index is 0.549. The van der Waals surface area contributed by atoms with Gasteiger partial charge in [0.25, 0.3) is 0 Å². The van der Waals surface area contributed by atoms with Crippen molar-refractivity contribution in [3.05, 3.63) is 53.7 Å². The number of aromatic nitrogens is 1. The molecule has 19 heavy (non-hydrogen) atoms. The lowest BCUT2D eigenvalue weighted by Gasteiger charge is -2.09. The highest BCUT2D eigenvalue weighted by atomic mass is 16.5. The smallest absolute Gasteiger partial charge is 0.126 e. The Morgan fingerprint density at radius 2 is 1.89 bits per heavy atom. The first-order valence-electron chi connectivity index (χ1n) is 6.54. The molecule has 3 heteroatoms. The maximum atomic E-state index is 5.77. The van der Waals surface area contributed by atoms with Crippen LogP contribution in [0.15, 0.2) is 42.6 Å². The maximum absolute atomic E-state index is 5.77. The van der Waals surface area contributed by atoms with Crippen LogP contribution in [-0.2, 0) is 6.61 Å². The summed E-state index contributed by atoms with van der Waals surface area (Å²) in [6.45, 7) is 4.93. The monoisotopic (exact) mass is 256 g/mol. The van der Waals surface area contributed by atoms with Crippen molar-refractivity contribution in [2.75, 3.05) is 12.4 Å². The number of rotatable bonds is 5. The standard InChI is InChI=1S/C16H20N2O/c1-12(2)14-4-6-15(7-5-14)19-11-13-8-9-18-16(10-13)17-3/h4-10,12H,11H2,1-3H3,(H,17,18). The van der Waals surface area contributed by atoms with Crippen molar-refractivity contribution >= 4 is 5.82 Å². The largest absolute Gasteiger partial charge is 0.489 e. The lowest BCUT2D eigenvalue weighted by atomic mass is 10.0. The number of benzene rings is 1. The van der Waals surface area contributed by atoms with Gasteiger partial charge in [-0.15, -0.1) is 0 Å². The Balaban J connectivity index is 1.98. The highest BCUT2D eigenvalue weighted by Gasteiger charge is 2.01. The summed E-state index contributed by atoms with van der Waals surface area (Å²) in [6.07, 6.45) is 1.78. The van der Waals surface area contributed by atoms with Crippen molar-refractivity contribution in [3.63, 3.8) is 0 Å². The molecule has 0 bridgehead atoms. The van der Waals surface area contributed by atoms with Crippen LogP contribution in [0.4, 0.5) is 5.82 Å². The maximum Gasteiger partial charge on any atom is 0.126 e. The van der Waals surface area contributed by atoms with Gasteiger partial charge in [-0.3, -0.25) is 0 Å². The Morgan fingerprint density at radius 3 is 2.53 bits per heavy atom. The van der Waals surface area contributed by atoms with Gasteiger partial charge in [-0.2, -0.15) is 0 Å². The number of nitrogens with zero attached hydrogens (tertiary/aromatic N) is 1. The molecule has 1 aromatic carbocycles. The molecule has 1 N–H and O–H groups in total. The summed E-state index contributed by atoms with van der Waals surface area (Å²) >= 11 is 0. The quantitative estimate of drug-likeness (QED) is 0.883. The van der Waals surface area contributed by atoms with Crippen molar-refractivity contribution in [1.29, 1.82) is 0 Å². The molecule has 0 amide bonds. The van der Waals surface area contributed by atoms with Gasteiger partial charge in [0.05, 0.1) is 0 Å². The first kappa shape index (κ1) is 13.4. The molecule has 0 aliphatic heterocycles. The van der Waals surface area contributed by atoms with Crippen LogP contribution in [0.25, 0.3) is 0 Å². The summed E-state index contributed by atoms with van der Waals surface area (Å²) in [5.74, 6) is 2.30. The molecule has 0 unspecified atom stereocenters. The molecule has 2 aromatic rings. The average molecular weight is 256 g/mol. The first-order valence-corrected chi connectivity index (χ1v) is 6.54. The third kappa shape index (κ3) is 3.71. The van der Waals surface area contributed by atoms with Gasteiger partial charge < -0.3 is 10.1 Å². The Labute approximate surface area is 114 Å². The predicted octanol–water partition coefficient (Wildman–Crippen LogP) is 3.83. The van der Waals surface area contributed by atoms with E-state index >= 15 is 0 Å². The highest BCUT2D eigenvalue weighted by Crippen LogP contribution is 2.19. The van der Waals surface area contributed by atoms with Crippen LogP contribution in [0.5, 0.6) is 5.75 Å². The van der Waals surface area contributed by atoms with Crippen molar-refractivity contribution in [1.82, 2.24) is 4.98 Å². The predicted molar refractivity (Wildman–Crippen MR) is 78.6 cm³/mol. The molecule has 0 fully saturated rings. The molecule has 0 aliphatic rings. The first-order chi connectivity index (χ1) is 9.19. The molecule has 0 radical (unpaired) electrons. The Hall–Kier alpha value is -2.03. The molecule has 100 valence electrons. The molecule has 2 rings (SSSR count). The molecule has 0 atom stereocenters. The van der Waals surface area contributed by atoms with Gasteiger partial charge in [0.2, 0.25) is 0 Å². The van der Waals surface area contributed by atoms with Crippen LogP contribution >= 0.6 is 0 Å². The molecule has 0 aliphatic carbocycles. The van der Waals surface area contributed by atoms with Gasteiger partial charge in [-0.1, -0.05) is 26.0 Å². The van der Waals surface area contributed by atoms with E-state index < -0.39 is 0 Å². The van der Waals surface area contributed by atoms with E-state index in [-0.39, 0.29) is 0 Å². The van der Waals surface area contributed by atoms with Crippen molar-refractivity contribution < 1.29 is 4.74 Å². The normalized spacial score (nSPS) is 10.5. The lowest BCUT2D eigenvalue weighted by Crippen LogP contribution is -1.98. The van der Waals surface area contributed by atoms with Crippen LogP contribution < -0.4 is 10.1 Å². The summed E-state index contributed by atoms with van der Waals surface area (Å²) in [7, 11) is 1.86. The van der Waals surface area contributed by atoms with Crippen LogP contribution in [0.3, 0.4) is 0 Å². The minimum Gasteiger partial charge on any atom is -0.489 e. The van der Waals surface area contributed by atoms with E-state index in [2.05, 4.69) is 36.3 Å². The average Bonchev–Trinajstić information content (AvgIpc) is 2.46. The van der Waals surface area contributed by atoms with Gasteiger partial charge in [-0.25, -0.2) is 4.98 Å². The second kappa shape index (κ2) is 6.23. The van der Waals surface area contributed by atoms with E-state index in [0.717, 1.165) is 17.1 Å². The third-order valence-electron chi connectivity index (χ3n) is 3.03. The second-order valence-corrected chi connectivity index (χ2v) is 4.81. The summed E-state index contributed by atoms with van der Waals surface area (Å²) < 4.78 is 5.77. The molecular weight excluding hydrogens is 236 g/mol. The zero-order valence-corrected chi connectivity index (χ0v) is 11.7. The number of anilines is 1. The van der Waals surface area contributed by atoms with E-state index in [9.17, 15) is 0 Å². The van der Waals surface area contributed by atoms with Crippen molar-refractivity contribution in [2.24, 2.45) is 0 Å². The number of hydrogen-bond acceptors (Lipinski definition) is 3. The van der Waals surface area contributed by atoms with Crippen LogP contribution in [0.1, 0.15) is 30.9 Å². The minimum absolute atomic E-state index is 0.549. The van der Waals surface area contributed by atoms with E-state index in [1.54, 1.807) is 6.20 Å². The molecular formula is C16H20N2O. The van der Waals surface area contributed by atoms with Gasteiger partial charge in [0, 0.05) is 13.2 Å². The molecule has 1 aromatic heterocycles. The van der Waals surface area contributed by atoms with Gasteiger partial charge >= 0.3 is 0 Å². The van der Waals surface area contributed by atoms with E-state index in [1.165, 1.54) is 5.56 Å². The van der Waals surface area contributed by atoms with Crippen molar-refractivity contribution in [3.8, 4) is 5.75 Å². The fraction of sp³-hybridized carbons (Fsp3) is 0.312. The van der Waals surface area contributed by atoms with Crippen LogP contribution in [0, 0.1) is 0 Å². The summed E-state index contributed by atoms with van der Waals surface area (Å²) in [5, 5.41) is 3.02. The van der Waals surface area contributed by atoms with Crippen molar-refractivity contribution in [2.45, 2.75) is 26.4 Å². The molecule has 0 saturated heterocycles. The van der Waals surface area contributed by atoms with E-state index in [1.807, 2.05) is 31.3 Å². The molecule has 0 saturated carbocycles. The van der Waals surface area contributed by atoms with Gasteiger partial charge in [0.1, 0.15) is 18.2 Å². The summed E-state index contributed by atoms with van der Waals surface area (Å²) in [4.78, 5) is 4.18. The number of nitrogens with one attached hydrogen (secondary N) is 1. The Kier molecular flexibility index (Phi) is 4.39. The summed E-state index contributed by atoms with van der Waals surface area (Å²) in [5.41, 5.74) is 2.43. The lowest BCUT2D eigenvalue weighted by molar-refractivity contribution is 0.306. The second-order valence-electron chi connectivity index (χ2n) is 4.81. The SMILES string of the molecule is CNc1cc(COc2ccc(C(C)C)cc2)ccn1. The Bertz CT molecular complexity index is 521.